The highest BCUT2D eigenvalue weighted by Gasteiger charge is 2.33. The van der Waals surface area contributed by atoms with Crippen molar-refractivity contribution in [2.75, 3.05) is 7.05 Å². The van der Waals surface area contributed by atoms with E-state index in [0.717, 1.165) is 16.7 Å². The number of nitrogens with two attached hydrogens (primary N) is 1. The maximum atomic E-state index is 13.2. The predicted octanol–water partition coefficient (Wildman–Crippen LogP) is 3.50. The molecule has 8 heteroatoms. The van der Waals surface area contributed by atoms with Crippen LogP contribution in [0.4, 0.5) is 4.79 Å². The Labute approximate surface area is 207 Å². The number of likely N-dealkylation sites (N-methyl/N-ethyl adjacent to an activating group) is 1. The Balaban J connectivity index is 2.14. The number of phenolic OH excluding ortho intramolecular Hbond substituents is 1. The first-order valence-electron chi connectivity index (χ1n) is 11.7. The van der Waals surface area contributed by atoms with Crippen LogP contribution in [-0.4, -0.2) is 47.0 Å². The number of nitrogens with zero attached hydrogens (tertiary/aromatic N) is 1. The summed E-state index contributed by atoms with van der Waals surface area (Å²) in [5.74, 6) is -1.28. The summed E-state index contributed by atoms with van der Waals surface area (Å²) in [7, 11) is 1.49. The van der Waals surface area contributed by atoms with E-state index in [4.69, 9.17) is 10.5 Å². The maximum Gasteiger partial charge on any atom is 0.410 e. The molecule has 190 valence electrons. The van der Waals surface area contributed by atoms with E-state index in [0.29, 0.717) is 0 Å². The minimum absolute atomic E-state index is 0.0807. The number of carbonyl (C=O) groups excluding carboxylic acids is 3. The number of ether oxygens (including phenoxy) is 1. The van der Waals surface area contributed by atoms with Crippen LogP contribution in [0.3, 0.4) is 0 Å². The molecule has 3 amide bonds. The standard InChI is InChI=1S/C27H37N3O5/c1-17(2)23(30(6)26(34)35-16-18-10-8-7-9-11-18)25(33)29-21(24(28)32)15-19-12-13-22(31)20(14-19)27(3,4)5/h7-14,17,21,23,31H,15-16H2,1-6H3,(H2,28,32)(H,29,33)/t21-,23-/m0/s1. The van der Waals surface area contributed by atoms with Crippen molar-refractivity contribution in [3.63, 3.8) is 0 Å². The van der Waals surface area contributed by atoms with Crippen LogP contribution in [0.15, 0.2) is 48.5 Å². The van der Waals surface area contributed by atoms with Gasteiger partial charge in [0.1, 0.15) is 24.4 Å². The van der Waals surface area contributed by atoms with Gasteiger partial charge in [0.05, 0.1) is 0 Å². The number of hydrogen-bond acceptors (Lipinski definition) is 5. The fourth-order valence-electron chi connectivity index (χ4n) is 3.89. The molecule has 8 nitrogen and oxygen atoms in total. The van der Waals surface area contributed by atoms with E-state index in [2.05, 4.69) is 5.32 Å². The van der Waals surface area contributed by atoms with E-state index in [1.165, 1.54) is 11.9 Å². The minimum Gasteiger partial charge on any atom is -0.508 e. The third kappa shape index (κ3) is 7.73. The number of hydrogen-bond donors (Lipinski definition) is 3. The summed E-state index contributed by atoms with van der Waals surface area (Å²) < 4.78 is 5.37. The van der Waals surface area contributed by atoms with Gasteiger partial charge in [-0.2, -0.15) is 0 Å². The largest absolute Gasteiger partial charge is 0.508 e. The van der Waals surface area contributed by atoms with Crippen LogP contribution in [0.2, 0.25) is 0 Å². The lowest BCUT2D eigenvalue weighted by molar-refractivity contribution is -0.131. The SMILES string of the molecule is CC(C)[C@@H](C(=O)N[C@@H](Cc1ccc(O)c(C(C)(C)C)c1)C(N)=O)N(C)C(=O)OCc1ccccc1. The molecule has 0 fully saturated rings. The molecule has 0 saturated carbocycles. The van der Waals surface area contributed by atoms with Crippen LogP contribution < -0.4 is 11.1 Å². The molecule has 0 radical (unpaired) electrons. The lowest BCUT2D eigenvalue weighted by atomic mass is 9.84. The van der Waals surface area contributed by atoms with Gasteiger partial charge in [-0.15, -0.1) is 0 Å². The quantitative estimate of drug-likeness (QED) is 0.504. The van der Waals surface area contributed by atoms with Gasteiger partial charge in [0.15, 0.2) is 0 Å². The van der Waals surface area contributed by atoms with Gasteiger partial charge in [0.2, 0.25) is 11.8 Å². The smallest absolute Gasteiger partial charge is 0.410 e. The Morgan fingerprint density at radius 1 is 1.06 bits per heavy atom. The summed E-state index contributed by atoms with van der Waals surface area (Å²) >= 11 is 0. The Kier molecular flexibility index (Phi) is 9.28. The summed E-state index contributed by atoms with van der Waals surface area (Å²) in [5, 5.41) is 12.9. The topological polar surface area (TPSA) is 122 Å². The van der Waals surface area contributed by atoms with E-state index in [1.807, 2.05) is 57.2 Å². The third-order valence-electron chi connectivity index (χ3n) is 5.78. The van der Waals surface area contributed by atoms with E-state index in [9.17, 15) is 19.5 Å². The molecular formula is C27H37N3O5. The van der Waals surface area contributed by atoms with Crippen molar-refractivity contribution in [2.24, 2.45) is 11.7 Å². The molecule has 0 aromatic heterocycles. The Hall–Kier alpha value is -3.55. The van der Waals surface area contributed by atoms with Gasteiger partial charge in [-0.25, -0.2) is 4.79 Å². The van der Waals surface area contributed by atoms with Crippen LogP contribution in [0, 0.1) is 5.92 Å². The van der Waals surface area contributed by atoms with E-state index < -0.39 is 30.0 Å². The summed E-state index contributed by atoms with van der Waals surface area (Å²) in [6.45, 7) is 9.61. The molecule has 0 aliphatic carbocycles. The number of benzene rings is 2. The van der Waals surface area contributed by atoms with Crippen LogP contribution in [-0.2, 0) is 32.8 Å². The second-order valence-electron chi connectivity index (χ2n) is 10.1. The van der Waals surface area contributed by atoms with Gasteiger partial charge in [0.25, 0.3) is 0 Å². The van der Waals surface area contributed by atoms with Crippen molar-refractivity contribution in [1.29, 1.82) is 0 Å². The van der Waals surface area contributed by atoms with Crippen molar-refractivity contribution in [1.82, 2.24) is 10.2 Å². The lowest BCUT2D eigenvalue weighted by Gasteiger charge is -2.30. The van der Waals surface area contributed by atoms with Crippen LogP contribution in [0.1, 0.15) is 51.3 Å². The van der Waals surface area contributed by atoms with Gasteiger partial charge in [-0.05, 0) is 34.1 Å². The number of phenols is 1. The first-order chi connectivity index (χ1) is 16.3. The zero-order chi connectivity index (χ0) is 26.3. The highest BCUT2D eigenvalue weighted by molar-refractivity contribution is 5.91. The molecule has 2 rings (SSSR count). The van der Waals surface area contributed by atoms with Crippen LogP contribution in [0.5, 0.6) is 5.75 Å². The molecule has 0 bridgehead atoms. The molecule has 2 atom stereocenters. The van der Waals surface area contributed by atoms with Crippen molar-refractivity contribution in [3.8, 4) is 5.75 Å². The zero-order valence-corrected chi connectivity index (χ0v) is 21.4. The molecule has 2 aromatic rings. The fourth-order valence-corrected chi connectivity index (χ4v) is 3.89. The fraction of sp³-hybridized carbons (Fsp3) is 0.444. The van der Waals surface area contributed by atoms with Gasteiger partial charge in [-0.3, -0.25) is 14.5 Å². The summed E-state index contributed by atoms with van der Waals surface area (Å²) in [4.78, 5) is 39.3. The second kappa shape index (κ2) is 11.7. The summed E-state index contributed by atoms with van der Waals surface area (Å²) in [5.41, 5.74) is 7.60. The van der Waals surface area contributed by atoms with Crippen molar-refractivity contribution in [2.45, 2.75) is 65.1 Å². The molecule has 0 aliphatic heterocycles. The van der Waals surface area contributed by atoms with Gasteiger partial charge >= 0.3 is 6.09 Å². The van der Waals surface area contributed by atoms with Gasteiger partial charge in [0, 0.05) is 13.5 Å². The third-order valence-corrected chi connectivity index (χ3v) is 5.78. The lowest BCUT2D eigenvalue weighted by Crippen LogP contribution is -2.55. The number of rotatable bonds is 9. The number of nitrogens with one attached hydrogen (secondary N) is 1. The molecule has 0 saturated heterocycles. The molecule has 0 unspecified atom stereocenters. The molecular weight excluding hydrogens is 446 g/mol. The first kappa shape index (κ1) is 27.7. The van der Waals surface area contributed by atoms with E-state index >= 15 is 0 Å². The molecule has 0 heterocycles. The minimum atomic E-state index is -0.991. The number of amides is 3. The normalized spacial score (nSPS) is 13.1. The van der Waals surface area contributed by atoms with Gasteiger partial charge < -0.3 is 20.9 Å². The predicted molar refractivity (Wildman–Crippen MR) is 135 cm³/mol. The molecule has 0 aliphatic rings. The number of primary amides is 1. The average Bonchev–Trinajstić information content (AvgIpc) is 2.77. The maximum absolute atomic E-state index is 13.2. The van der Waals surface area contributed by atoms with E-state index in [1.54, 1.807) is 26.0 Å². The number of aromatic hydroxyl groups is 1. The van der Waals surface area contributed by atoms with Crippen LogP contribution in [0.25, 0.3) is 0 Å². The monoisotopic (exact) mass is 483 g/mol. The second-order valence-corrected chi connectivity index (χ2v) is 10.1. The average molecular weight is 484 g/mol. The Morgan fingerprint density at radius 3 is 2.23 bits per heavy atom. The molecule has 0 spiro atoms. The first-order valence-corrected chi connectivity index (χ1v) is 11.7. The summed E-state index contributed by atoms with van der Waals surface area (Å²) in [6.07, 6.45) is -0.496. The van der Waals surface area contributed by atoms with Crippen molar-refractivity contribution < 1.29 is 24.2 Å². The highest BCUT2D eigenvalue weighted by Crippen LogP contribution is 2.31. The van der Waals surface area contributed by atoms with E-state index in [-0.39, 0.29) is 30.1 Å². The van der Waals surface area contributed by atoms with Gasteiger partial charge in [-0.1, -0.05) is 77.1 Å². The van der Waals surface area contributed by atoms with Crippen LogP contribution >= 0.6 is 0 Å². The Bertz CT molecular complexity index is 1030. The summed E-state index contributed by atoms with van der Waals surface area (Å²) in [6, 6.07) is 12.5. The molecule has 35 heavy (non-hydrogen) atoms. The van der Waals surface area contributed by atoms with Crippen molar-refractivity contribution >= 4 is 17.9 Å². The molecule has 4 N–H and O–H groups in total. The zero-order valence-electron chi connectivity index (χ0n) is 21.4. The number of carbonyl (C=O) groups is 3. The Morgan fingerprint density at radius 2 is 1.69 bits per heavy atom. The molecule has 2 aromatic carbocycles. The highest BCUT2D eigenvalue weighted by atomic mass is 16.6. The van der Waals surface area contributed by atoms with Crippen molar-refractivity contribution in [3.05, 3.63) is 65.2 Å².